The van der Waals surface area contributed by atoms with Gasteiger partial charge in [0.05, 0.1) is 0 Å². The predicted molar refractivity (Wildman–Crippen MR) is 78.2 cm³/mol. The molecule has 2 rings (SSSR count). The van der Waals surface area contributed by atoms with Gasteiger partial charge in [-0.15, -0.1) is 11.3 Å². The molecule has 90 valence electrons. The molecule has 0 aliphatic carbocycles. The second-order valence-corrected chi connectivity index (χ2v) is 5.85. The van der Waals surface area contributed by atoms with Crippen LogP contribution in [0.2, 0.25) is 0 Å². The van der Waals surface area contributed by atoms with E-state index in [0.29, 0.717) is 0 Å². The van der Waals surface area contributed by atoms with Crippen molar-refractivity contribution in [1.82, 2.24) is 5.32 Å². The number of halogens is 1. The van der Waals surface area contributed by atoms with Gasteiger partial charge in [-0.05, 0) is 45.9 Å². The van der Waals surface area contributed by atoms with Crippen LogP contribution in [0.3, 0.4) is 0 Å². The van der Waals surface area contributed by atoms with Crippen molar-refractivity contribution in [1.29, 1.82) is 0 Å². The van der Waals surface area contributed by atoms with Crippen molar-refractivity contribution in [2.45, 2.75) is 20.0 Å². The molecule has 0 spiro atoms. The maximum atomic E-state index is 5.93. The monoisotopic (exact) mass is 310 g/mol. The molecule has 0 amide bonds. The largest absolute Gasteiger partial charge is 0.398 e. The molecule has 0 radical (unpaired) electrons. The molecule has 1 heterocycles. The van der Waals surface area contributed by atoms with E-state index in [0.717, 1.165) is 24.3 Å². The Bertz CT molecular complexity index is 508. The van der Waals surface area contributed by atoms with Crippen LogP contribution in [-0.2, 0) is 13.1 Å². The number of hydrogen-bond donors (Lipinski definition) is 2. The lowest BCUT2D eigenvalue weighted by Gasteiger charge is -2.08. The molecule has 4 heteroatoms. The number of thiophene rings is 1. The summed E-state index contributed by atoms with van der Waals surface area (Å²) in [5, 5.41) is 5.50. The molecule has 0 fully saturated rings. The standard InChI is InChI=1S/C13H15BrN2S/c1-9-2-3-12(15)10(6-9)7-16-8-13-11(14)4-5-17-13/h2-6,16H,7-8,15H2,1H3. The number of anilines is 1. The zero-order chi connectivity index (χ0) is 12.3. The molecular weight excluding hydrogens is 296 g/mol. The summed E-state index contributed by atoms with van der Waals surface area (Å²) in [5.41, 5.74) is 9.20. The Labute approximate surface area is 114 Å². The molecule has 1 aromatic carbocycles. The van der Waals surface area contributed by atoms with Gasteiger partial charge < -0.3 is 11.1 Å². The maximum Gasteiger partial charge on any atom is 0.0359 e. The van der Waals surface area contributed by atoms with E-state index >= 15 is 0 Å². The second-order valence-electron chi connectivity index (χ2n) is 4.00. The highest BCUT2D eigenvalue weighted by molar-refractivity contribution is 9.10. The first kappa shape index (κ1) is 12.6. The van der Waals surface area contributed by atoms with Gasteiger partial charge >= 0.3 is 0 Å². The fourth-order valence-corrected chi connectivity index (χ4v) is 3.11. The minimum absolute atomic E-state index is 0.803. The average Bonchev–Trinajstić information content (AvgIpc) is 2.70. The lowest BCUT2D eigenvalue weighted by atomic mass is 10.1. The minimum atomic E-state index is 0.803. The number of aryl methyl sites for hydroxylation is 1. The van der Waals surface area contributed by atoms with Gasteiger partial charge in [0.25, 0.3) is 0 Å². The number of nitrogen functional groups attached to an aromatic ring is 1. The van der Waals surface area contributed by atoms with E-state index in [4.69, 9.17) is 5.73 Å². The van der Waals surface area contributed by atoms with E-state index in [9.17, 15) is 0 Å². The Balaban J connectivity index is 1.94. The summed E-state index contributed by atoms with van der Waals surface area (Å²) in [7, 11) is 0. The Morgan fingerprint density at radius 2 is 2.12 bits per heavy atom. The summed E-state index contributed by atoms with van der Waals surface area (Å²) in [6.45, 7) is 3.75. The molecular formula is C13H15BrN2S. The van der Waals surface area contributed by atoms with Crippen LogP contribution in [0, 0.1) is 6.92 Å². The summed E-state index contributed by atoms with van der Waals surface area (Å²) < 4.78 is 1.17. The fraction of sp³-hybridized carbons (Fsp3) is 0.231. The predicted octanol–water partition coefficient (Wildman–Crippen LogP) is 3.69. The van der Waals surface area contributed by atoms with E-state index < -0.39 is 0 Å². The molecule has 0 aliphatic heterocycles. The molecule has 0 atom stereocenters. The molecule has 2 nitrogen and oxygen atoms in total. The summed E-state index contributed by atoms with van der Waals surface area (Å²) in [5.74, 6) is 0. The summed E-state index contributed by atoms with van der Waals surface area (Å²) in [6, 6.07) is 8.20. The Hall–Kier alpha value is -0.840. The molecule has 1 aromatic heterocycles. The lowest BCUT2D eigenvalue weighted by Crippen LogP contribution is -2.13. The van der Waals surface area contributed by atoms with Crippen molar-refractivity contribution in [3.8, 4) is 0 Å². The highest BCUT2D eigenvalue weighted by Gasteiger charge is 2.02. The number of nitrogens with one attached hydrogen (secondary N) is 1. The molecule has 0 saturated heterocycles. The third-order valence-corrected chi connectivity index (χ3v) is 4.52. The van der Waals surface area contributed by atoms with Crippen LogP contribution < -0.4 is 11.1 Å². The highest BCUT2D eigenvalue weighted by Crippen LogP contribution is 2.22. The van der Waals surface area contributed by atoms with Crippen LogP contribution in [0.15, 0.2) is 34.1 Å². The molecule has 0 unspecified atom stereocenters. The van der Waals surface area contributed by atoms with E-state index in [2.05, 4.69) is 45.7 Å². The van der Waals surface area contributed by atoms with E-state index in [1.807, 2.05) is 12.1 Å². The summed E-state index contributed by atoms with van der Waals surface area (Å²) in [6.07, 6.45) is 0. The van der Waals surface area contributed by atoms with Crippen molar-refractivity contribution in [2.24, 2.45) is 0 Å². The zero-order valence-corrected chi connectivity index (χ0v) is 12.1. The lowest BCUT2D eigenvalue weighted by molar-refractivity contribution is 0.700. The molecule has 17 heavy (non-hydrogen) atoms. The van der Waals surface area contributed by atoms with Crippen LogP contribution >= 0.6 is 27.3 Å². The van der Waals surface area contributed by atoms with Crippen LogP contribution in [0.25, 0.3) is 0 Å². The van der Waals surface area contributed by atoms with Gasteiger partial charge in [0.1, 0.15) is 0 Å². The minimum Gasteiger partial charge on any atom is -0.398 e. The van der Waals surface area contributed by atoms with Gasteiger partial charge in [0.2, 0.25) is 0 Å². The third kappa shape index (κ3) is 3.31. The Morgan fingerprint density at radius 1 is 1.29 bits per heavy atom. The number of rotatable bonds is 4. The van der Waals surface area contributed by atoms with E-state index in [-0.39, 0.29) is 0 Å². The molecule has 0 aliphatic rings. The van der Waals surface area contributed by atoms with Crippen LogP contribution in [-0.4, -0.2) is 0 Å². The molecule has 0 saturated carbocycles. The maximum absolute atomic E-state index is 5.93. The van der Waals surface area contributed by atoms with Gasteiger partial charge in [0, 0.05) is 28.1 Å². The van der Waals surface area contributed by atoms with Crippen LogP contribution in [0.1, 0.15) is 16.0 Å². The third-order valence-electron chi connectivity index (χ3n) is 2.59. The number of nitrogens with two attached hydrogens (primary N) is 1. The first-order chi connectivity index (χ1) is 8.16. The van der Waals surface area contributed by atoms with Crippen molar-refractivity contribution >= 4 is 33.0 Å². The first-order valence-corrected chi connectivity index (χ1v) is 7.11. The topological polar surface area (TPSA) is 38.0 Å². The van der Waals surface area contributed by atoms with Gasteiger partial charge in [-0.2, -0.15) is 0 Å². The normalized spacial score (nSPS) is 10.7. The Kier molecular flexibility index (Phi) is 4.20. The summed E-state index contributed by atoms with van der Waals surface area (Å²) in [4.78, 5) is 1.32. The van der Waals surface area contributed by atoms with Crippen molar-refractivity contribution in [3.05, 3.63) is 50.1 Å². The smallest absolute Gasteiger partial charge is 0.0359 e. The fourth-order valence-electron chi connectivity index (χ4n) is 1.65. The summed E-state index contributed by atoms with van der Waals surface area (Å²) >= 11 is 5.28. The van der Waals surface area contributed by atoms with Crippen molar-refractivity contribution in [2.75, 3.05) is 5.73 Å². The van der Waals surface area contributed by atoms with Gasteiger partial charge in [-0.3, -0.25) is 0 Å². The van der Waals surface area contributed by atoms with Crippen molar-refractivity contribution in [3.63, 3.8) is 0 Å². The highest BCUT2D eigenvalue weighted by atomic mass is 79.9. The quantitative estimate of drug-likeness (QED) is 0.845. The average molecular weight is 311 g/mol. The van der Waals surface area contributed by atoms with Crippen molar-refractivity contribution < 1.29 is 0 Å². The van der Waals surface area contributed by atoms with Crippen LogP contribution in [0.4, 0.5) is 5.69 Å². The van der Waals surface area contributed by atoms with Gasteiger partial charge in [-0.1, -0.05) is 17.7 Å². The van der Waals surface area contributed by atoms with Gasteiger partial charge in [0.15, 0.2) is 0 Å². The number of benzene rings is 1. The molecule has 2 aromatic rings. The second kappa shape index (κ2) is 5.67. The first-order valence-electron chi connectivity index (χ1n) is 5.44. The SMILES string of the molecule is Cc1ccc(N)c(CNCc2sccc2Br)c1. The zero-order valence-electron chi connectivity index (χ0n) is 9.66. The molecule has 0 bridgehead atoms. The van der Waals surface area contributed by atoms with E-state index in [1.165, 1.54) is 14.9 Å². The van der Waals surface area contributed by atoms with E-state index in [1.54, 1.807) is 11.3 Å². The van der Waals surface area contributed by atoms with Crippen LogP contribution in [0.5, 0.6) is 0 Å². The Morgan fingerprint density at radius 3 is 2.82 bits per heavy atom. The van der Waals surface area contributed by atoms with Gasteiger partial charge in [-0.25, -0.2) is 0 Å². The molecule has 3 N–H and O–H groups in total. The number of hydrogen-bond acceptors (Lipinski definition) is 3.